The third kappa shape index (κ3) is 4.26. The van der Waals surface area contributed by atoms with Gasteiger partial charge in [-0.1, -0.05) is 164 Å². The van der Waals surface area contributed by atoms with Crippen molar-refractivity contribution in [3.05, 3.63) is 182 Å². The van der Waals surface area contributed by atoms with Gasteiger partial charge in [-0.3, -0.25) is 0 Å². The zero-order chi connectivity index (χ0) is 33.5. The number of benzene rings is 10. The second-order valence-electron chi connectivity index (χ2n) is 13.6. The summed E-state index contributed by atoms with van der Waals surface area (Å²) in [5.41, 5.74) is 7.61. The van der Waals surface area contributed by atoms with Crippen molar-refractivity contribution in [3.8, 4) is 33.4 Å². The average molecular weight is 663 g/mol. The molecule has 0 bridgehead atoms. The van der Waals surface area contributed by atoms with E-state index in [4.69, 9.17) is 0 Å². The topological polar surface area (TPSA) is 0 Å². The van der Waals surface area contributed by atoms with Gasteiger partial charge in [0.25, 0.3) is 0 Å². The summed E-state index contributed by atoms with van der Waals surface area (Å²) < 4.78 is 2.68. The molecule has 0 radical (unpaired) electrons. The lowest BCUT2D eigenvalue weighted by Crippen LogP contribution is -1.94. The first-order valence-electron chi connectivity index (χ1n) is 17.6. The maximum Gasteiger partial charge on any atom is 0.0434 e. The summed E-state index contributed by atoms with van der Waals surface area (Å²) in [6.45, 7) is 0. The van der Waals surface area contributed by atoms with Crippen molar-refractivity contribution in [2.24, 2.45) is 0 Å². The van der Waals surface area contributed by atoms with E-state index in [0.717, 1.165) is 0 Å². The molecule has 11 rings (SSSR count). The Morgan fingerprint density at radius 1 is 0.294 bits per heavy atom. The summed E-state index contributed by atoms with van der Waals surface area (Å²) in [7, 11) is 0. The van der Waals surface area contributed by atoms with Crippen LogP contribution in [0.4, 0.5) is 0 Å². The van der Waals surface area contributed by atoms with Crippen LogP contribution in [0.1, 0.15) is 0 Å². The molecule has 0 saturated heterocycles. The molecule has 0 atom stereocenters. The molecule has 0 spiro atoms. The average Bonchev–Trinajstić information content (AvgIpc) is 3.60. The molecule has 0 nitrogen and oxygen atoms in total. The maximum atomic E-state index is 2.46. The van der Waals surface area contributed by atoms with Crippen LogP contribution >= 0.6 is 11.3 Å². The van der Waals surface area contributed by atoms with Gasteiger partial charge < -0.3 is 0 Å². The van der Waals surface area contributed by atoms with Crippen LogP contribution < -0.4 is 0 Å². The molecular weight excluding hydrogens is 633 g/mol. The smallest absolute Gasteiger partial charge is 0.0434 e. The highest BCUT2D eigenvalue weighted by Gasteiger charge is 2.22. The molecule has 0 saturated carbocycles. The third-order valence-electron chi connectivity index (χ3n) is 10.8. The molecule has 0 aliphatic rings. The largest absolute Gasteiger partial charge is 0.135 e. The van der Waals surface area contributed by atoms with Crippen molar-refractivity contribution in [3.63, 3.8) is 0 Å². The molecule has 1 heterocycles. The van der Waals surface area contributed by atoms with Gasteiger partial charge in [-0.05, 0) is 105 Å². The van der Waals surface area contributed by atoms with Crippen LogP contribution in [0.3, 0.4) is 0 Å². The van der Waals surface area contributed by atoms with E-state index < -0.39 is 0 Å². The van der Waals surface area contributed by atoms with Gasteiger partial charge in [-0.2, -0.15) is 0 Å². The molecule has 0 fully saturated rings. The third-order valence-corrected chi connectivity index (χ3v) is 12.0. The molecule has 0 unspecified atom stereocenters. The highest BCUT2D eigenvalue weighted by Crippen LogP contribution is 2.50. The van der Waals surface area contributed by atoms with Crippen LogP contribution in [-0.2, 0) is 0 Å². The van der Waals surface area contributed by atoms with Crippen molar-refractivity contribution < 1.29 is 0 Å². The first-order chi connectivity index (χ1) is 25.3. The van der Waals surface area contributed by atoms with Crippen LogP contribution in [0.15, 0.2) is 182 Å². The lowest BCUT2D eigenvalue weighted by Gasteiger charge is -2.21. The van der Waals surface area contributed by atoms with Crippen molar-refractivity contribution in [2.45, 2.75) is 0 Å². The zero-order valence-electron chi connectivity index (χ0n) is 27.7. The summed E-state index contributed by atoms with van der Waals surface area (Å²) in [5, 5.41) is 15.4. The molecule has 11 aromatic rings. The Balaban J connectivity index is 1.30. The van der Waals surface area contributed by atoms with Gasteiger partial charge in [0.2, 0.25) is 0 Å². The minimum atomic E-state index is 1.22. The van der Waals surface area contributed by atoms with Crippen molar-refractivity contribution in [1.29, 1.82) is 0 Å². The molecule has 1 aromatic heterocycles. The van der Waals surface area contributed by atoms with Crippen LogP contribution in [0.5, 0.6) is 0 Å². The quantitative estimate of drug-likeness (QED) is 0.130. The zero-order valence-corrected chi connectivity index (χ0v) is 28.5. The van der Waals surface area contributed by atoms with E-state index in [1.54, 1.807) is 0 Å². The van der Waals surface area contributed by atoms with Crippen LogP contribution in [0, 0.1) is 0 Å². The molecule has 0 aliphatic carbocycles. The lowest BCUT2D eigenvalue weighted by atomic mass is 9.82. The monoisotopic (exact) mass is 662 g/mol. The van der Waals surface area contributed by atoms with Gasteiger partial charge in [0.15, 0.2) is 0 Å². The molecular formula is C50H30S. The van der Waals surface area contributed by atoms with E-state index in [0.29, 0.717) is 0 Å². The van der Waals surface area contributed by atoms with Crippen LogP contribution in [0.25, 0.3) is 107 Å². The molecule has 0 aliphatic heterocycles. The molecule has 236 valence electrons. The summed E-state index contributed by atoms with van der Waals surface area (Å²) >= 11 is 1.91. The van der Waals surface area contributed by atoms with E-state index in [1.807, 2.05) is 11.3 Å². The standard InChI is InChI=1S/C50H30S/c1-2-13-31(14-3-1)43-29-34-26-25-32-15-4-6-17-35(32)44(34)30-45(43)48-39-21-10-8-19-37(39)47(38-20-9-11-22-40(38)48)41-23-12-24-46-49(41)42-28-27-33-16-5-7-18-36(33)50(42)51-46/h1-30H. The predicted octanol–water partition coefficient (Wildman–Crippen LogP) is 14.8. The second kappa shape index (κ2) is 11.1. The van der Waals surface area contributed by atoms with Gasteiger partial charge in [0.1, 0.15) is 0 Å². The molecule has 0 amide bonds. The van der Waals surface area contributed by atoms with Crippen molar-refractivity contribution >= 4 is 85.4 Å². The minimum Gasteiger partial charge on any atom is -0.135 e. The number of thiophene rings is 1. The first kappa shape index (κ1) is 28.5. The molecule has 51 heavy (non-hydrogen) atoms. The first-order valence-corrected chi connectivity index (χ1v) is 18.4. The van der Waals surface area contributed by atoms with Crippen molar-refractivity contribution in [1.82, 2.24) is 0 Å². The maximum absolute atomic E-state index is 2.46. The Morgan fingerprint density at radius 2 is 0.843 bits per heavy atom. The SMILES string of the molecule is c1ccc(-c2cc3ccc4ccccc4c3cc2-c2c3ccccc3c(-c3cccc4sc5c6ccccc6ccc5c34)c3ccccc23)cc1. The van der Waals surface area contributed by atoms with E-state index >= 15 is 0 Å². The summed E-state index contributed by atoms with van der Waals surface area (Å²) in [5.74, 6) is 0. The van der Waals surface area contributed by atoms with Gasteiger partial charge in [-0.25, -0.2) is 0 Å². The summed E-state index contributed by atoms with van der Waals surface area (Å²) in [6.07, 6.45) is 0. The number of rotatable bonds is 3. The van der Waals surface area contributed by atoms with Gasteiger partial charge in [0.05, 0.1) is 0 Å². The fourth-order valence-corrected chi connectivity index (χ4v) is 9.85. The van der Waals surface area contributed by atoms with E-state index in [-0.39, 0.29) is 0 Å². The number of fused-ring (bicyclic) bond motifs is 10. The fourth-order valence-electron chi connectivity index (χ4n) is 8.59. The lowest BCUT2D eigenvalue weighted by molar-refractivity contribution is 1.63. The van der Waals surface area contributed by atoms with Crippen molar-refractivity contribution in [2.75, 3.05) is 0 Å². The van der Waals surface area contributed by atoms with Crippen LogP contribution in [-0.4, -0.2) is 0 Å². The van der Waals surface area contributed by atoms with Gasteiger partial charge in [0, 0.05) is 20.2 Å². The van der Waals surface area contributed by atoms with Gasteiger partial charge >= 0.3 is 0 Å². The van der Waals surface area contributed by atoms with E-state index in [9.17, 15) is 0 Å². The summed E-state index contributed by atoms with van der Waals surface area (Å²) in [4.78, 5) is 0. The Bertz CT molecular complexity index is 3130. The van der Waals surface area contributed by atoms with Gasteiger partial charge in [-0.15, -0.1) is 11.3 Å². The van der Waals surface area contributed by atoms with E-state index in [1.165, 1.54) is 107 Å². The molecule has 10 aromatic carbocycles. The Kier molecular flexibility index (Phi) is 6.22. The molecule has 0 N–H and O–H groups in total. The van der Waals surface area contributed by atoms with E-state index in [2.05, 4.69) is 182 Å². The predicted molar refractivity (Wildman–Crippen MR) is 223 cm³/mol. The fraction of sp³-hybridized carbons (Fsp3) is 0. The second-order valence-corrected chi connectivity index (χ2v) is 14.6. The Hall–Kier alpha value is -6.28. The van der Waals surface area contributed by atoms with Crippen LogP contribution in [0.2, 0.25) is 0 Å². The highest BCUT2D eigenvalue weighted by molar-refractivity contribution is 7.26. The number of hydrogen-bond acceptors (Lipinski definition) is 1. The Labute approximate surface area is 299 Å². The molecule has 1 heteroatoms. The Morgan fingerprint density at radius 3 is 1.55 bits per heavy atom. The summed E-state index contributed by atoms with van der Waals surface area (Å²) in [6, 6.07) is 67.5. The number of hydrogen-bond donors (Lipinski definition) is 0. The minimum absolute atomic E-state index is 1.22. The highest BCUT2D eigenvalue weighted by atomic mass is 32.1. The normalized spacial score (nSPS) is 11.9.